The number of carboxylic acid groups (broad SMARTS) is 1. The minimum atomic E-state index is -4.75. The van der Waals surface area contributed by atoms with E-state index < -0.39 is 18.3 Å². The molecule has 0 saturated carbocycles. The van der Waals surface area contributed by atoms with Gasteiger partial charge in [-0.2, -0.15) is 13.2 Å². The summed E-state index contributed by atoms with van der Waals surface area (Å²) in [6, 6.07) is -2.29. The average molecular weight is 386 g/mol. The number of rotatable bonds is 6. The first-order chi connectivity index (χ1) is 11.1. The Balaban J connectivity index is 0.00000312. The number of imidazole rings is 1. The summed E-state index contributed by atoms with van der Waals surface area (Å²) in [5.74, 6) is -0.337. The second-order valence-electron chi connectivity index (χ2n) is 6.29. The Morgan fingerprint density at radius 2 is 2.08 bits per heavy atom. The highest BCUT2D eigenvalue weighted by molar-refractivity contribution is 5.85. The molecule has 0 aromatic carbocycles. The lowest BCUT2D eigenvalue weighted by Gasteiger charge is -2.49. The van der Waals surface area contributed by atoms with Crippen LogP contribution in [0.3, 0.4) is 0 Å². The van der Waals surface area contributed by atoms with Gasteiger partial charge in [0, 0.05) is 44.6 Å². The van der Waals surface area contributed by atoms with E-state index in [1.807, 2.05) is 19.0 Å². The van der Waals surface area contributed by atoms with Gasteiger partial charge in [0.2, 0.25) is 0 Å². The maximum absolute atomic E-state index is 13.6. The van der Waals surface area contributed by atoms with Crippen LogP contribution in [0.25, 0.3) is 0 Å². The molecule has 7 nitrogen and oxygen atoms in total. The molecule has 1 fully saturated rings. The zero-order valence-corrected chi connectivity index (χ0v) is 15.1. The summed E-state index contributed by atoms with van der Waals surface area (Å²) in [7, 11) is 5.09. The number of alkyl halides is 3. The fraction of sp³-hybridized carbons (Fsp3) is 0.714. The fourth-order valence-electron chi connectivity index (χ4n) is 2.90. The van der Waals surface area contributed by atoms with Gasteiger partial charge in [0.15, 0.2) is 6.04 Å². The van der Waals surface area contributed by atoms with Gasteiger partial charge in [-0.05, 0) is 20.5 Å². The number of likely N-dealkylation sites (N-methyl/N-ethyl adjacent to an activating group) is 1. The summed E-state index contributed by atoms with van der Waals surface area (Å²) >= 11 is 0. The van der Waals surface area contributed by atoms with Crippen LogP contribution >= 0.6 is 12.4 Å². The maximum Gasteiger partial charge on any atom is 0.416 e. The van der Waals surface area contributed by atoms with E-state index in [2.05, 4.69) is 10.3 Å². The van der Waals surface area contributed by atoms with E-state index in [9.17, 15) is 23.1 Å². The Kier molecular flexibility index (Phi) is 6.71. The number of hydrogen-bond acceptors (Lipinski definition) is 4. The Bertz CT molecular complexity index is 589. The van der Waals surface area contributed by atoms with Gasteiger partial charge in [0.05, 0.1) is 0 Å². The molecule has 1 amide bonds. The van der Waals surface area contributed by atoms with Crippen molar-refractivity contribution in [2.24, 2.45) is 7.05 Å². The van der Waals surface area contributed by atoms with Gasteiger partial charge in [-0.1, -0.05) is 0 Å². The molecule has 0 bridgehead atoms. The molecule has 2 rings (SSSR count). The van der Waals surface area contributed by atoms with Crippen LogP contribution in [0, 0.1) is 0 Å². The first-order valence-electron chi connectivity index (χ1n) is 7.50. The molecule has 1 unspecified atom stereocenters. The molecule has 25 heavy (non-hydrogen) atoms. The molecule has 2 heterocycles. The summed E-state index contributed by atoms with van der Waals surface area (Å²) in [5, 5.41) is 12.5. The SMILES string of the molecule is CN(C)C1(CCN(C(=O)O)C(c2nccn2C)C(F)(F)F)CNC1.Cl. The standard InChI is InChI=1S/C14H22F3N5O2.ClH/c1-20(2)13(8-18-9-13)4-6-22(12(23)24)10(14(15,16)17)11-19-5-7-21(11)3;/h5,7,10,18H,4,6,8-9H2,1-3H3,(H,23,24);1H. The molecule has 1 aromatic heterocycles. The molecule has 0 radical (unpaired) electrons. The smallest absolute Gasteiger partial charge is 0.416 e. The number of carbonyl (C=O) groups is 1. The van der Waals surface area contributed by atoms with Crippen molar-refractivity contribution < 1.29 is 23.1 Å². The van der Waals surface area contributed by atoms with Crippen LogP contribution in [0.1, 0.15) is 18.3 Å². The van der Waals surface area contributed by atoms with Crippen LogP contribution in [0.15, 0.2) is 12.4 Å². The quantitative estimate of drug-likeness (QED) is 0.780. The number of amides is 1. The van der Waals surface area contributed by atoms with E-state index in [0.717, 1.165) is 0 Å². The van der Waals surface area contributed by atoms with Crippen LogP contribution in [0.5, 0.6) is 0 Å². The maximum atomic E-state index is 13.6. The Morgan fingerprint density at radius 3 is 2.40 bits per heavy atom. The average Bonchev–Trinajstić information content (AvgIpc) is 2.79. The summed E-state index contributed by atoms with van der Waals surface area (Å²) in [4.78, 5) is 17.6. The molecule has 144 valence electrons. The van der Waals surface area contributed by atoms with Crippen molar-refractivity contribution in [3.8, 4) is 0 Å². The van der Waals surface area contributed by atoms with Crippen molar-refractivity contribution >= 4 is 18.5 Å². The van der Waals surface area contributed by atoms with Gasteiger partial charge in [0.1, 0.15) is 5.82 Å². The van der Waals surface area contributed by atoms with E-state index in [-0.39, 0.29) is 30.3 Å². The van der Waals surface area contributed by atoms with Crippen molar-refractivity contribution in [1.29, 1.82) is 0 Å². The van der Waals surface area contributed by atoms with Gasteiger partial charge in [0.25, 0.3) is 0 Å². The lowest BCUT2D eigenvalue weighted by atomic mass is 9.87. The van der Waals surface area contributed by atoms with Crippen molar-refractivity contribution in [3.63, 3.8) is 0 Å². The largest absolute Gasteiger partial charge is 0.465 e. The van der Waals surface area contributed by atoms with E-state index >= 15 is 0 Å². The van der Waals surface area contributed by atoms with Crippen LogP contribution < -0.4 is 5.32 Å². The molecule has 0 spiro atoms. The molecular weight excluding hydrogens is 363 g/mol. The van der Waals surface area contributed by atoms with Crippen LogP contribution in [0.2, 0.25) is 0 Å². The summed E-state index contributed by atoms with van der Waals surface area (Å²) in [6.07, 6.45) is -3.46. The molecule has 1 aliphatic heterocycles. The van der Waals surface area contributed by atoms with Crippen molar-refractivity contribution in [2.45, 2.75) is 24.2 Å². The number of aromatic nitrogens is 2. The zero-order valence-electron chi connectivity index (χ0n) is 14.2. The van der Waals surface area contributed by atoms with E-state index in [1.54, 1.807) is 0 Å². The van der Waals surface area contributed by atoms with E-state index in [1.165, 1.54) is 24.0 Å². The number of nitrogens with zero attached hydrogens (tertiary/aromatic N) is 4. The lowest BCUT2D eigenvalue weighted by Crippen LogP contribution is -2.67. The number of hydrogen-bond donors (Lipinski definition) is 2. The Morgan fingerprint density at radius 1 is 1.48 bits per heavy atom. The summed E-state index contributed by atoms with van der Waals surface area (Å²) in [5.41, 5.74) is -0.328. The lowest BCUT2D eigenvalue weighted by molar-refractivity contribution is -0.184. The number of nitrogens with one attached hydrogen (secondary N) is 1. The van der Waals surface area contributed by atoms with Crippen LogP contribution in [0.4, 0.5) is 18.0 Å². The van der Waals surface area contributed by atoms with Gasteiger partial charge in [-0.15, -0.1) is 12.4 Å². The summed E-state index contributed by atoms with van der Waals surface area (Å²) < 4.78 is 41.9. The van der Waals surface area contributed by atoms with Gasteiger partial charge in [-0.3, -0.25) is 4.90 Å². The third-order valence-electron chi connectivity index (χ3n) is 4.65. The fourth-order valence-corrected chi connectivity index (χ4v) is 2.90. The minimum Gasteiger partial charge on any atom is -0.465 e. The molecular formula is C14H23ClF3N5O2. The van der Waals surface area contributed by atoms with Gasteiger partial charge in [-0.25, -0.2) is 9.78 Å². The topological polar surface area (TPSA) is 73.6 Å². The van der Waals surface area contributed by atoms with Crippen LogP contribution in [-0.4, -0.2) is 76.0 Å². The molecule has 0 aliphatic carbocycles. The van der Waals surface area contributed by atoms with E-state index in [0.29, 0.717) is 24.4 Å². The Labute approximate surface area is 150 Å². The first-order valence-corrected chi connectivity index (χ1v) is 7.50. The number of halogens is 4. The monoisotopic (exact) mass is 385 g/mol. The zero-order chi connectivity index (χ0) is 18.1. The van der Waals surface area contributed by atoms with Crippen molar-refractivity contribution in [3.05, 3.63) is 18.2 Å². The summed E-state index contributed by atoms with van der Waals surface area (Å²) in [6.45, 7) is 1.01. The molecule has 1 atom stereocenters. The predicted molar refractivity (Wildman–Crippen MR) is 87.9 cm³/mol. The first kappa shape index (κ1) is 21.5. The van der Waals surface area contributed by atoms with Crippen molar-refractivity contribution in [2.75, 3.05) is 33.7 Å². The van der Waals surface area contributed by atoms with Gasteiger partial charge < -0.3 is 19.9 Å². The minimum absolute atomic E-state index is 0. The third-order valence-corrected chi connectivity index (χ3v) is 4.65. The number of aryl methyl sites for hydroxylation is 1. The predicted octanol–water partition coefficient (Wildman–Crippen LogP) is 1.72. The molecule has 1 aliphatic rings. The van der Waals surface area contributed by atoms with Crippen molar-refractivity contribution in [1.82, 2.24) is 24.7 Å². The second kappa shape index (κ2) is 7.79. The highest BCUT2D eigenvalue weighted by Crippen LogP contribution is 2.37. The second-order valence-corrected chi connectivity index (χ2v) is 6.29. The molecule has 1 aromatic rings. The van der Waals surface area contributed by atoms with E-state index in [4.69, 9.17) is 0 Å². The molecule has 2 N–H and O–H groups in total. The normalized spacial score (nSPS) is 17.6. The van der Waals surface area contributed by atoms with Gasteiger partial charge >= 0.3 is 12.3 Å². The highest BCUT2D eigenvalue weighted by Gasteiger charge is 2.50. The molecule has 1 saturated heterocycles. The Hall–Kier alpha value is -1.52. The molecule has 11 heteroatoms. The van der Waals surface area contributed by atoms with Crippen LogP contribution in [-0.2, 0) is 7.05 Å². The highest BCUT2D eigenvalue weighted by atomic mass is 35.5. The third kappa shape index (κ3) is 4.36.